The third kappa shape index (κ3) is 4.04. The van der Waals surface area contributed by atoms with Crippen LogP contribution in [0.5, 0.6) is 11.5 Å². The Kier molecular flexibility index (Phi) is 5.63. The van der Waals surface area contributed by atoms with Crippen molar-refractivity contribution in [1.29, 1.82) is 0 Å². The monoisotopic (exact) mass is 379 g/mol. The van der Waals surface area contributed by atoms with Crippen LogP contribution >= 0.6 is 0 Å². The minimum absolute atomic E-state index is 0.181. The predicted molar refractivity (Wildman–Crippen MR) is 110 cm³/mol. The zero-order valence-electron chi connectivity index (χ0n) is 15.9. The molecule has 0 atom stereocenters. The minimum atomic E-state index is -0.421. The molecule has 0 bridgehead atoms. The number of benzene rings is 2. The van der Waals surface area contributed by atoms with E-state index in [1.807, 2.05) is 12.1 Å². The number of nitrogens with zero attached hydrogens (tertiary/aromatic N) is 1. The Bertz CT molecular complexity index is 988. The number of hydrogen-bond donors (Lipinski definition) is 1. The average Bonchev–Trinajstić information content (AvgIpc) is 2.75. The molecule has 5 heteroatoms. The van der Waals surface area contributed by atoms with Gasteiger partial charge in [-0.15, -0.1) is 0 Å². The molecule has 28 heavy (non-hydrogen) atoms. The third-order valence-electron chi connectivity index (χ3n) is 5.23. The van der Waals surface area contributed by atoms with Crippen molar-refractivity contribution >= 4 is 11.0 Å². The highest BCUT2D eigenvalue weighted by molar-refractivity contribution is 5.81. The van der Waals surface area contributed by atoms with Crippen molar-refractivity contribution in [3.63, 3.8) is 0 Å². The van der Waals surface area contributed by atoms with E-state index < -0.39 is 5.43 Å². The van der Waals surface area contributed by atoms with E-state index in [-0.39, 0.29) is 11.5 Å². The van der Waals surface area contributed by atoms with Gasteiger partial charge in [0.05, 0.1) is 12.0 Å². The summed E-state index contributed by atoms with van der Waals surface area (Å²) in [4.78, 5) is 14.9. The first kappa shape index (κ1) is 18.6. The molecule has 0 saturated carbocycles. The molecule has 0 unspecified atom stereocenters. The number of hydrogen-bond acceptors (Lipinski definition) is 5. The maximum absolute atomic E-state index is 12.4. The molecular formula is C23H25NO4. The summed E-state index contributed by atoms with van der Waals surface area (Å²) < 4.78 is 11.6. The summed E-state index contributed by atoms with van der Waals surface area (Å²) in [7, 11) is 0. The maximum atomic E-state index is 12.4. The van der Waals surface area contributed by atoms with Crippen molar-refractivity contribution in [3.8, 4) is 22.8 Å². The van der Waals surface area contributed by atoms with E-state index in [4.69, 9.17) is 9.15 Å². The molecule has 1 N–H and O–H groups in total. The highest BCUT2D eigenvalue weighted by Crippen LogP contribution is 2.31. The van der Waals surface area contributed by atoms with Crippen LogP contribution in [0.25, 0.3) is 22.3 Å². The molecule has 0 radical (unpaired) electrons. The van der Waals surface area contributed by atoms with Crippen LogP contribution in [0.1, 0.15) is 25.7 Å². The van der Waals surface area contributed by atoms with Crippen LogP contribution in [-0.4, -0.2) is 36.2 Å². The van der Waals surface area contributed by atoms with E-state index in [0.29, 0.717) is 23.1 Å². The first-order valence-corrected chi connectivity index (χ1v) is 9.93. The lowest BCUT2D eigenvalue weighted by molar-refractivity contribution is 0.205. The van der Waals surface area contributed by atoms with Gasteiger partial charge in [0.1, 0.15) is 11.3 Å². The lowest BCUT2D eigenvalue weighted by Gasteiger charge is -2.26. The number of aromatic hydroxyl groups is 1. The fraction of sp³-hybridized carbons (Fsp3) is 0.348. The van der Waals surface area contributed by atoms with Crippen LogP contribution in [0.4, 0.5) is 0 Å². The summed E-state index contributed by atoms with van der Waals surface area (Å²) in [5, 5.41) is 10.6. The number of fused-ring (bicyclic) bond motifs is 1. The van der Waals surface area contributed by atoms with E-state index in [2.05, 4.69) is 4.90 Å². The topological polar surface area (TPSA) is 62.9 Å². The number of likely N-dealkylation sites (tertiary alicyclic amines) is 1. The van der Waals surface area contributed by atoms with Gasteiger partial charge in [-0.1, -0.05) is 18.6 Å². The summed E-state index contributed by atoms with van der Waals surface area (Å²) in [5.74, 6) is 0.583. The van der Waals surface area contributed by atoms with Gasteiger partial charge in [0, 0.05) is 12.1 Å². The van der Waals surface area contributed by atoms with E-state index in [9.17, 15) is 9.90 Å². The van der Waals surface area contributed by atoms with Crippen molar-refractivity contribution in [1.82, 2.24) is 4.90 Å². The Hall–Kier alpha value is -2.79. The van der Waals surface area contributed by atoms with Crippen molar-refractivity contribution in [2.24, 2.45) is 0 Å². The predicted octanol–water partition coefficient (Wildman–Crippen LogP) is 4.42. The summed E-state index contributed by atoms with van der Waals surface area (Å²) in [6.45, 7) is 4.16. The van der Waals surface area contributed by atoms with Gasteiger partial charge in [-0.3, -0.25) is 4.79 Å². The lowest BCUT2D eigenvalue weighted by Crippen LogP contribution is -2.31. The molecular weight excluding hydrogens is 354 g/mol. The normalized spacial score (nSPS) is 15.0. The Balaban J connectivity index is 1.41. The molecule has 1 fully saturated rings. The zero-order chi connectivity index (χ0) is 19.3. The molecule has 4 rings (SSSR count). The van der Waals surface area contributed by atoms with Gasteiger partial charge in [0.15, 0.2) is 5.76 Å². The molecule has 0 aliphatic carbocycles. The largest absolute Gasteiger partial charge is 0.502 e. The zero-order valence-corrected chi connectivity index (χ0v) is 15.9. The fourth-order valence-electron chi connectivity index (χ4n) is 3.69. The molecule has 1 aliphatic rings. The highest BCUT2D eigenvalue weighted by atomic mass is 16.5. The van der Waals surface area contributed by atoms with Gasteiger partial charge in [0.25, 0.3) is 0 Å². The summed E-state index contributed by atoms with van der Waals surface area (Å²) in [6, 6.07) is 14.2. The molecule has 1 aliphatic heterocycles. The highest BCUT2D eigenvalue weighted by Gasteiger charge is 2.15. The number of para-hydroxylation sites is 1. The van der Waals surface area contributed by atoms with E-state index in [1.165, 1.54) is 32.4 Å². The van der Waals surface area contributed by atoms with E-state index >= 15 is 0 Å². The van der Waals surface area contributed by atoms with E-state index in [0.717, 1.165) is 18.7 Å². The second kappa shape index (κ2) is 8.48. The molecule has 1 aromatic heterocycles. The summed E-state index contributed by atoms with van der Waals surface area (Å²) in [6.07, 6.45) is 4.97. The van der Waals surface area contributed by atoms with E-state index in [1.54, 1.807) is 36.4 Å². The second-order valence-corrected chi connectivity index (χ2v) is 7.23. The Morgan fingerprint density at radius 1 is 1.00 bits per heavy atom. The Morgan fingerprint density at radius 2 is 1.75 bits per heavy atom. The number of piperidine rings is 1. The summed E-state index contributed by atoms with van der Waals surface area (Å²) in [5.41, 5.74) is 0.675. The van der Waals surface area contributed by atoms with Crippen LogP contribution in [0.2, 0.25) is 0 Å². The van der Waals surface area contributed by atoms with Gasteiger partial charge in [-0.2, -0.15) is 0 Å². The molecule has 2 heterocycles. The summed E-state index contributed by atoms with van der Waals surface area (Å²) >= 11 is 0. The average molecular weight is 379 g/mol. The van der Waals surface area contributed by atoms with Crippen molar-refractivity contribution in [2.45, 2.75) is 25.7 Å². The van der Waals surface area contributed by atoms with Gasteiger partial charge >= 0.3 is 0 Å². The van der Waals surface area contributed by atoms with Crippen LogP contribution in [0.15, 0.2) is 57.7 Å². The first-order valence-electron chi connectivity index (χ1n) is 9.93. The maximum Gasteiger partial charge on any atom is 0.235 e. The number of rotatable bonds is 6. The number of ether oxygens (including phenoxy) is 1. The fourth-order valence-corrected chi connectivity index (χ4v) is 3.69. The minimum Gasteiger partial charge on any atom is -0.502 e. The molecule has 2 aromatic carbocycles. The molecule has 0 amide bonds. The smallest absolute Gasteiger partial charge is 0.235 e. The third-order valence-corrected chi connectivity index (χ3v) is 5.23. The molecule has 5 nitrogen and oxygen atoms in total. The first-order chi connectivity index (χ1) is 13.7. The van der Waals surface area contributed by atoms with Crippen LogP contribution in [0, 0.1) is 0 Å². The Labute approximate surface area is 164 Å². The second-order valence-electron chi connectivity index (χ2n) is 7.23. The van der Waals surface area contributed by atoms with Gasteiger partial charge in [0.2, 0.25) is 11.2 Å². The van der Waals surface area contributed by atoms with Crippen LogP contribution < -0.4 is 10.2 Å². The quantitative estimate of drug-likeness (QED) is 0.643. The molecule has 146 valence electrons. The standard InChI is InChI=1S/C23H25NO4/c25-21-19-7-2-3-8-20(19)28-23(22(21)26)17-9-11-18(12-10-17)27-16-6-15-24-13-4-1-5-14-24/h2-3,7-12,26H,1,4-6,13-16H2. The molecule has 1 saturated heterocycles. The Morgan fingerprint density at radius 3 is 2.54 bits per heavy atom. The lowest BCUT2D eigenvalue weighted by atomic mass is 10.1. The van der Waals surface area contributed by atoms with Gasteiger partial charge in [-0.25, -0.2) is 0 Å². The van der Waals surface area contributed by atoms with Crippen molar-refractivity contribution in [3.05, 3.63) is 58.8 Å². The molecule has 3 aromatic rings. The van der Waals surface area contributed by atoms with Crippen LogP contribution in [-0.2, 0) is 0 Å². The van der Waals surface area contributed by atoms with Crippen molar-refractivity contribution < 1.29 is 14.3 Å². The van der Waals surface area contributed by atoms with Crippen molar-refractivity contribution in [2.75, 3.05) is 26.2 Å². The molecule has 0 spiro atoms. The van der Waals surface area contributed by atoms with Crippen LogP contribution in [0.3, 0.4) is 0 Å². The van der Waals surface area contributed by atoms with Gasteiger partial charge < -0.3 is 19.2 Å². The SMILES string of the molecule is O=c1c(O)c(-c2ccc(OCCCN3CCCCC3)cc2)oc2ccccc12. The van der Waals surface area contributed by atoms with Gasteiger partial charge in [-0.05, 0) is 68.8 Å².